The maximum Gasteiger partial charge on any atom is 0.0361 e. The minimum Gasteiger partial charge on any atom is -0.398 e. The summed E-state index contributed by atoms with van der Waals surface area (Å²) in [5, 5.41) is 0. The van der Waals surface area contributed by atoms with Crippen molar-refractivity contribution < 1.29 is 0 Å². The molecule has 2 rings (SSSR count). The molecule has 0 bridgehead atoms. The highest BCUT2D eigenvalue weighted by molar-refractivity contribution is 9.10. The molecular weight excluding hydrogens is 240 g/mol. The van der Waals surface area contributed by atoms with E-state index in [1.165, 1.54) is 11.1 Å². The lowest BCUT2D eigenvalue weighted by atomic mass is 9.98. The Balaban J connectivity index is 2.37. The van der Waals surface area contributed by atoms with Gasteiger partial charge in [-0.2, -0.15) is 0 Å². The average molecular weight is 255 g/mol. The van der Waals surface area contributed by atoms with Crippen LogP contribution in [0.2, 0.25) is 0 Å². The van der Waals surface area contributed by atoms with E-state index in [-0.39, 0.29) is 0 Å². The molecule has 1 aromatic rings. The molecule has 0 aliphatic carbocycles. The molecule has 3 heteroatoms. The number of nitrogens with two attached hydrogens (primary N) is 1. The van der Waals surface area contributed by atoms with Gasteiger partial charge in [0.05, 0.1) is 0 Å². The van der Waals surface area contributed by atoms with Crippen molar-refractivity contribution in [1.29, 1.82) is 0 Å². The minimum atomic E-state index is 0.935. The lowest BCUT2D eigenvalue weighted by Gasteiger charge is -2.28. The van der Waals surface area contributed by atoms with E-state index in [0.29, 0.717) is 0 Å². The summed E-state index contributed by atoms with van der Waals surface area (Å²) in [5.74, 6) is 0. The molecule has 0 aromatic heterocycles. The highest BCUT2D eigenvalue weighted by atomic mass is 79.9. The van der Waals surface area contributed by atoms with Crippen LogP contribution in [0.25, 0.3) is 0 Å². The zero-order valence-electron chi connectivity index (χ0n) is 8.39. The Labute approximate surface area is 93.2 Å². The third kappa shape index (κ3) is 1.79. The van der Waals surface area contributed by atoms with Crippen molar-refractivity contribution in [3.63, 3.8) is 0 Å². The van der Waals surface area contributed by atoms with Crippen molar-refractivity contribution in [2.75, 3.05) is 18.8 Å². The van der Waals surface area contributed by atoms with Crippen LogP contribution in [-0.2, 0) is 13.0 Å². The summed E-state index contributed by atoms with van der Waals surface area (Å²) in [6, 6.07) is 4.19. The molecule has 0 radical (unpaired) electrons. The fourth-order valence-corrected chi connectivity index (χ4v) is 2.55. The Morgan fingerprint density at radius 1 is 1.50 bits per heavy atom. The highest BCUT2D eigenvalue weighted by Crippen LogP contribution is 2.28. The lowest BCUT2D eigenvalue weighted by molar-refractivity contribution is 0.268. The summed E-state index contributed by atoms with van der Waals surface area (Å²) < 4.78 is 1.09. The van der Waals surface area contributed by atoms with Crippen LogP contribution >= 0.6 is 15.9 Å². The van der Waals surface area contributed by atoms with E-state index in [4.69, 9.17) is 5.73 Å². The van der Waals surface area contributed by atoms with Gasteiger partial charge in [0.25, 0.3) is 0 Å². The van der Waals surface area contributed by atoms with E-state index in [9.17, 15) is 0 Å². The molecule has 1 aliphatic rings. The molecule has 1 heterocycles. The van der Waals surface area contributed by atoms with Crippen LogP contribution in [-0.4, -0.2) is 18.0 Å². The number of hydrogen-bond acceptors (Lipinski definition) is 2. The number of fused-ring (bicyclic) bond motifs is 1. The maximum absolute atomic E-state index is 5.98. The van der Waals surface area contributed by atoms with Crippen LogP contribution in [0.3, 0.4) is 0 Å². The second-order valence-corrected chi connectivity index (χ2v) is 4.67. The van der Waals surface area contributed by atoms with Crippen molar-refractivity contribution in [1.82, 2.24) is 4.90 Å². The Kier molecular flexibility index (Phi) is 2.79. The Hall–Kier alpha value is -0.540. The van der Waals surface area contributed by atoms with Gasteiger partial charge in [0.1, 0.15) is 0 Å². The van der Waals surface area contributed by atoms with Gasteiger partial charge in [0.15, 0.2) is 0 Å². The van der Waals surface area contributed by atoms with Gasteiger partial charge in [-0.15, -0.1) is 0 Å². The molecule has 1 aromatic carbocycles. The van der Waals surface area contributed by atoms with Crippen LogP contribution in [0.4, 0.5) is 5.69 Å². The predicted molar refractivity (Wildman–Crippen MR) is 63.2 cm³/mol. The molecule has 1 aliphatic heterocycles. The molecule has 14 heavy (non-hydrogen) atoms. The summed E-state index contributed by atoms with van der Waals surface area (Å²) in [4.78, 5) is 2.44. The lowest BCUT2D eigenvalue weighted by Crippen LogP contribution is -2.30. The van der Waals surface area contributed by atoms with E-state index in [1.807, 2.05) is 6.07 Å². The average Bonchev–Trinajstić information content (AvgIpc) is 2.16. The number of nitrogens with zero attached hydrogens (tertiary/aromatic N) is 1. The van der Waals surface area contributed by atoms with E-state index < -0.39 is 0 Å². The minimum absolute atomic E-state index is 0.935. The number of nitrogen functional groups attached to an aromatic ring is 1. The maximum atomic E-state index is 5.98. The molecular formula is C11H15BrN2. The standard InChI is InChI=1S/C11H15BrN2/c1-2-14-4-3-10-8(7-14)5-9(12)6-11(10)13/h5-6H,2-4,7,13H2,1H3. The van der Waals surface area contributed by atoms with Gasteiger partial charge in [-0.1, -0.05) is 22.9 Å². The number of anilines is 1. The van der Waals surface area contributed by atoms with Gasteiger partial charge >= 0.3 is 0 Å². The van der Waals surface area contributed by atoms with E-state index in [2.05, 4.69) is 33.8 Å². The van der Waals surface area contributed by atoms with Crippen molar-refractivity contribution in [2.45, 2.75) is 19.9 Å². The number of halogens is 1. The number of hydrogen-bond donors (Lipinski definition) is 1. The van der Waals surface area contributed by atoms with Crippen LogP contribution in [0.15, 0.2) is 16.6 Å². The van der Waals surface area contributed by atoms with E-state index in [0.717, 1.165) is 36.2 Å². The second kappa shape index (κ2) is 3.91. The first kappa shape index (κ1) is 9.99. The van der Waals surface area contributed by atoms with E-state index in [1.54, 1.807) is 0 Å². The van der Waals surface area contributed by atoms with E-state index >= 15 is 0 Å². The van der Waals surface area contributed by atoms with Crippen molar-refractivity contribution in [3.8, 4) is 0 Å². The van der Waals surface area contributed by atoms with Gasteiger partial charge in [-0.3, -0.25) is 4.90 Å². The highest BCUT2D eigenvalue weighted by Gasteiger charge is 2.17. The molecule has 0 atom stereocenters. The van der Waals surface area contributed by atoms with Crippen LogP contribution in [0, 0.1) is 0 Å². The van der Waals surface area contributed by atoms with Gasteiger partial charge in [0.2, 0.25) is 0 Å². The summed E-state index contributed by atoms with van der Waals surface area (Å²) in [6.07, 6.45) is 1.09. The van der Waals surface area contributed by atoms with Crippen LogP contribution in [0.1, 0.15) is 18.1 Å². The Morgan fingerprint density at radius 2 is 2.29 bits per heavy atom. The molecule has 0 amide bonds. The monoisotopic (exact) mass is 254 g/mol. The molecule has 0 spiro atoms. The van der Waals surface area contributed by atoms with Crippen molar-refractivity contribution in [2.24, 2.45) is 0 Å². The fourth-order valence-electron chi connectivity index (χ4n) is 2.02. The number of likely N-dealkylation sites (N-methyl/N-ethyl adjacent to an activating group) is 1. The first-order valence-electron chi connectivity index (χ1n) is 5.00. The molecule has 0 fully saturated rings. The van der Waals surface area contributed by atoms with Crippen molar-refractivity contribution >= 4 is 21.6 Å². The smallest absolute Gasteiger partial charge is 0.0361 e. The molecule has 2 nitrogen and oxygen atoms in total. The van der Waals surface area contributed by atoms with Gasteiger partial charge in [-0.25, -0.2) is 0 Å². The third-order valence-electron chi connectivity index (χ3n) is 2.86. The zero-order chi connectivity index (χ0) is 10.1. The number of rotatable bonds is 1. The summed E-state index contributed by atoms with van der Waals surface area (Å²) in [5.41, 5.74) is 9.64. The Morgan fingerprint density at radius 3 is 3.00 bits per heavy atom. The normalized spacial score (nSPS) is 16.7. The summed E-state index contributed by atoms with van der Waals surface area (Å²) >= 11 is 3.48. The zero-order valence-corrected chi connectivity index (χ0v) is 9.97. The summed E-state index contributed by atoms with van der Waals surface area (Å²) in [7, 11) is 0. The molecule has 0 unspecified atom stereocenters. The van der Waals surface area contributed by atoms with Crippen molar-refractivity contribution in [3.05, 3.63) is 27.7 Å². The molecule has 0 saturated carbocycles. The van der Waals surface area contributed by atoms with Gasteiger partial charge < -0.3 is 5.73 Å². The SMILES string of the molecule is CCN1CCc2c(N)cc(Br)cc2C1. The van der Waals surface area contributed by atoms with Crippen LogP contribution < -0.4 is 5.73 Å². The molecule has 76 valence electrons. The van der Waals surface area contributed by atoms with Crippen LogP contribution in [0.5, 0.6) is 0 Å². The topological polar surface area (TPSA) is 29.3 Å². The fraction of sp³-hybridized carbons (Fsp3) is 0.455. The third-order valence-corrected chi connectivity index (χ3v) is 3.32. The predicted octanol–water partition coefficient (Wildman–Crippen LogP) is 2.41. The Bertz CT molecular complexity index is 349. The quantitative estimate of drug-likeness (QED) is 0.781. The van der Waals surface area contributed by atoms with Gasteiger partial charge in [0, 0.05) is 23.2 Å². The first-order valence-corrected chi connectivity index (χ1v) is 5.79. The molecule has 2 N–H and O–H groups in total. The number of benzene rings is 1. The molecule has 0 saturated heterocycles. The summed E-state index contributed by atoms with van der Waals surface area (Å²) in [6.45, 7) is 5.49. The largest absolute Gasteiger partial charge is 0.398 e. The first-order chi connectivity index (χ1) is 6.70. The second-order valence-electron chi connectivity index (χ2n) is 3.75. The van der Waals surface area contributed by atoms with Gasteiger partial charge in [-0.05, 0) is 36.2 Å².